The molecule has 4 aromatic carbocycles. The quantitative estimate of drug-likeness (QED) is 0.148. The van der Waals surface area contributed by atoms with Crippen molar-refractivity contribution in [2.24, 2.45) is 0 Å². The van der Waals surface area contributed by atoms with Crippen molar-refractivity contribution in [1.82, 2.24) is 16.0 Å². The van der Waals surface area contributed by atoms with Gasteiger partial charge in [-0.15, -0.1) is 0 Å². The molecule has 0 saturated carbocycles. The number of nitrogens with zero attached hydrogens (tertiary/aromatic N) is 1. The standard InChI is InChI=1S/C36H41FN4O5S/c1-25(29-15-8-5-9-16-29)39-35(43)30-19-31(21-32(20-30)41(2)47(3,45)46)36(44)40-33(18-26-11-6-4-7-12-26)34(42)24-38-23-28-14-10-13-27(17-28)22-37/h4-17,19-21,25,33-34,38,42H,18,22-24H2,1-3H3,(H,39,43)(H,40,44). The van der Waals surface area contributed by atoms with Crippen LogP contribution in [0.4, 0.5) is 10.1 Å². The number of rotatable bonds is 15. The van der Waals surface area contributed by atoms with Gasteiger partial charge in [0, 0.05) is 31.3 Å². The van der Waals surface area contributed by atoms with Gasteiger partial charge in [-0.1, -0.05) is 84.9 Å². The molecule has 9 nitrogen and oxygen atoms in total. The number of benzene rings is 4. The molecule has 11 heteroatoms. The number of hydrogen-bond acceptors (Lipinski definition) is 6. The molecule has 2 amide bonds. The van der Waals surface area contributed by atoms with Crippen LogP contribution in [0.15, 0.2) is 103 Å². The number of nitrogens with one attached hydrogen (secondary N) is 3. The van der Waals surface area contributed by atoms with Gasteiger partial charge in [0.2, 0.25) is 10.0 Å². The van der Waals surface area contributed by atoms with Crippen molar-refractivity contribution in [1.29, 1.82) is 0 Å². The second kappa shape index (κ2) is 16.3. The van der Waals surface area contributed by atoms with Crippen LogP contribution >= 0.6 is 0 Å². The fourth-order valence-electron chi connectivity index (χ4n) is 5.08. The van der Waals surface area contributed by atoms with Crippen LogP contribution in [0.2, 0.25) is 0 Å². The Kier molecular flexibility index (Phi) is 12.2. The van der Waals surface area contributed by atoms with E-state index in [1.54, 1.807) is 18.2 Å². The largest absolute Gasteiger partial charge is 0.390 e. The monoisotopic (exact) mass is 660 g/mol. The van der Waals surface area contributed by atoms with Crippen LogP contribution in [0.25, 0.3) is 0 Å². The first-order chi connectivity index (χ1) is 22.4. The minimum Gasteiger partial charge on any atom is -0.390 e. The van der Waals surface area contributed by atoms with E-state index in [0.29, 0.717) is 18.5 Å². The van der Waals surface area contributed by atoms with Gasteiger partial charge in [0.25, 0.3) is 11.8 Å². The molecule has 3 unspecified atom stereocenters. The van der Waals surface area contributed by atoms with E-state index in [4.69, 9.17) is 0 Å². The summed E-state index contributed by atoms with van der Waals surface area (Å²) in [6, 6.07) is 28.9. The molecule has 4 rings (SSSR count). The van der Waals surface area contributed by atoms with Gasteiger partial charge in [-0.25, -0.2) is 12.8 Å². The Morgan fingerprint density at radius 3 is 2.00 bits per heavy atom. The second-order valence-corrected chi connectivity index (χ2v) is 13.5. The molecule has 0 radical (unpaired) electrons. The van der Waals surface area contributed by atoms with Crippen LogP contribution in [0.3, 0.4) is 0 Å². The number of carbonyl (C=O) groups is 2. The van der Waals surface area contributed by atoms with Crippen molar-refractivity contribution in [2.45, 2.75) is 44.8 Å². The minimum atomic E-state index is -3.72. The van der Waals surface area contributed by atoms with E-state index in [9.17, 15) is 27.5 Å². The Balaban J connectivity index is 1.58. The van der Waals surface area contributed by atoms with E-state index in [-0.39, 0.29) is 29.4 Å². The summed E-state index contributed by atoms with van der Waals surface area (Å²) in [4.78, 5) is 27.2. The third-order valence-electron chi connectivity index (χ3n) is 7.86. The molecule has 0 bridgehead atoms. The fourth-order valence-corrected chi connectivity index (χ4v) is 5.57. The number of sulfonamides is 1. The van der Waals surface area contributed by atoms with Gasteiger partial charge in [-0.2, -0.15) is 0 Å². The van der Waals surface area contributed by atoms with Crippen LogP contribution < -0.4 is 20.3 Å². The van der Waals surface area contributed by atoms with Gasteiger partial charge in [-0.05, 0) is 53.8 Å². The van der Waals surface area contributed by atoms with Gasteiger partial charge >= 0.3 is 0 Å². The summed E-state index contributed by atoms with van der Waals surface area (Å²) >= 11 is 0. The first kappa shape index (κ1) is 35.3. The second-order valence-electron chi connectivity index (χ2n) is 11.5. The lowest BCUT2D eigenvalue weighted by Gasteiger charge is -2.26. The van der Waals surface area contributed by atoms with E-state index >= 15 is 0 Å². The molecule has 248 valence electrons. The summed E-state index contributed by atoms with van der Waals surface area (Å²) in [5.41, 5.74) is 3.47. The maximum Gasteiger partial charge on any atom is 0.251 e. The summed E-state index contributed by atoms with van der Waals surface area (Å²) < 4.78 is 39.0. The molecule has 0 aromatic heterocycles. The third-order valence-corrected chi connectivity index (χ3v) is 9.06. The van der Waals surface area contributed by atoms with Crippen molar-refractivity contribution in [3.05, 3.63) is 137 Å². The zero-order chi connectivity index (χ0) is 34.0. The van der Waals surface area contributed by atoms with Crippen molar-refractivity contribution in [2.75, 3.05) is 24.2 Å². The summed E-state index contributed by atoms with van der Waals surface area (Å²) in [6.45, 7) is 1.77. The highest BCUT2D eigenvalue weighted by Crippen LogP contribution is 2.22. The number of hydrogen-bond donors (Lipinski definition) is 4. The summed E-state index contributed by atoms with van der Waals surface area (Å²) in [5, 5.41) is 20.3. The molecule has 4 N–H and O–H groups in total. The Morgan fingerprint density at radius 1 is 0.809 bits per heavy atom. The number of alkyl halides is 1. The molecule has 0 aliphatic rings. The number of aliphatic hydroxyl groups excluding tert-OH is 1. The summed E-state index contributed by atoms with van der Waals surface area (Å²) in [6.07, 6.45) is 0.307. The highest BCUT2D eigenvalue weighted by atomic mass is 32.2. The van der Waals surface area contributed by atoms with E-state index in [0.717, 1.165) is 27.3 Å². The average Bonchev–Trinajstić information content (AvgIpc) is 3.07. The lowest BCUT2D eigenvalue weighted by Crippen LogP contribution is -2.48. The number of carbonyl (C=O) groups excluding carboxylic acids is 2. The van der Waals surface area contributed by atoms with Gasteiger partial charge in [-0.3, -0.25) is 13.9 Å². The first-order valence-electron chi connectivity index (χ1n) is 15.3. The molecule has 0 heterocycles. The van der Waals surface area contributed by atoms with Gasteiger partial charge in [0.1, 0.15) is 6.67 Å². The van der Waals surface area contributed by atoms with Gasteiger partial charge in [0.05, 0.1) is 30.1 Å². The Bertz CT molecular complexity index is 1760. The molecular formula is C36H41FN4O5S. The molecule has 0 aliphatic heterocycles. The van der Waals surface area contributed by atoms with E-state index in [2.05, 4.69) is 16.0 Å². The SMILES string of the molecule is CC(NC(=O)c1cc(C(=O)NC(Cc2ccccc2)C(O)CNCc2cccc(CF)c2)cc(N(C)S(C)(=O)=O)c1)c1ccccc1. The highest BCUT2D eigenvalue weighted by molar-refractivity contribution is 7.92. The third kappa shape index (κ3) is 10.2. The topological polar surface area (TPSA) is 128 Å². The fraction of sp³-hybridized carbons (Fsp3) is 0.278. The molecule has 0 saturated heterocycles. The van der Waals surface area contributed by atoms with Crippen molar-refractivity contribution in [3.63, 3.8) is 0 Å². The van der Waals surface area contributed by atoms with Crippen LogP contribution in [0, 0.1) is 0 Å². The number of anilines is 1. The van der Waals surface area contributed by atoms with Crippen LogP contribution in [-0.4, -0.2) is 57.3 Å². The van der Waals surface area contributed by atoms with Crippen molar-refractivity contribution in [3.8, 4) is 0 Å². The minimum absolute atomic E-state index is 0.0526. The predicted octanol–water partition coefficient (Wildman–Crippen LogP) is 4.53. The first-order valence-corrected chi connectivity index (χ1v) is 17.1. The van der Waals surface area contributed by atoms with Crippen LogP contribution in [-0.2, 0) is 29.7 Å². The molecule has 3 atom stereocenters. The lowest BCUT2D eigenvalue weighted by atomic mass is 9.99. The van der Waals surface area contributed by atoms with E-state index in [1.165, 1.54) is 25.2 Å². The Hall–Kier alpha value is -4.58. The maximum absolute atomic E-state index is 13.8. The van der Waals surface area contributed by atoms with Crippen LogP contribution in [0.1, 0.15) is 55.9 Å². The van der Waals surface area contributed by atoms with Gasteiger partial charge in [0.15, 0.2) is 0 Å². The number of halogens is 1. The van der Waals surface area contributed by atoms with Crippen LogP contribution in [0.5, 0.6) is 0 Å². The van der Waals surface area contributed by atoms with Gasteiger partial charge < -0.3 is 21.1 Å². The molecule has 4 aromatic rings. The summed E-state index contributed by atoms with van der Waals surface area (Å²) in [7, 11) is -2.38. The Labute approximate surface area is 275 Å². The maximum atomic E-state index is 13.8. The Morgan fingerprint density at radius 2 is 1.38 bits per heavy atom. The van der Waals surface area contributed by atoms with E-state index in [1.807, 2.05) is 73.7 Å². The van der Waals surface area contributed by atoms with Crippen molar-refractivity contribution < 1.29 is 27.5 Å². The average molecular weight is 661 g/mol. The number of amides is 2. The lowest BCUT2D eigenvalue weighted by molar-refractivity contribution is 0.0830. The summed E-state index contributed by atoms with van der Waals surface area (Å²) in [5.74, 6) is -1.07. The van der Waals surface area contributed by atoms with Crippen molar-refractivity contribution >= 4 is 27.5 Å². The molecule has 0 spiro atoms. The zero-order valence-electron chi connectivity index (χ0n) is 26.7. The zero-order valence-corrected chi connectivity index (χ0v) is 27.5. The number of aliphatic hydroxyl groups is 1. The predicted molar refractivity (Wildman–Crippen MR) is 182 cm³/mol. The highest BCUT2D eigenvalue weighted by Gasteiger charge is 2.25. The molecule has 0 fully saturated rings. The normalized spacial score (nSPS) is 13.3. The molecule has 0 aliphatic carbocycles. The molecular weight excluding hydrogens is 619 g/mol. The smallest absolute Gasteiger partial charge is 0.251 e. The van der Waals surface area contributed by atoms with E-state index < -0.39 is 40.7 Å². The molecule has 47 heavy (non-hydrogen) atoms.